The van der Waals surface area contributed by atoms with Crippen LogP contribution in [0.5, 0.6) is 0 Å². The fraction of sp³-hybridized carbons (Fsp3) is 0.143. The van der Waals surface area contributed by atoms with Gasteiger partial charge in [0.25, 0.3) is 5.91 Å². The van der Waals surface area contributed by atoms with E-state index in [9.17, 15) is 9.59 Å². The standard InChI is InChI=1S/C14H13NO4S/c1-9(12-3-2-6-19-12)15-14(18)10-7-11(20-8-10)4-5-13(16)17/h2-9H,1H3,(H,15,18)(H,16,17). The van der Waals surface area contributed by atoms with E-state index in [2.05, 4.69) is 5.32 Å². The molecule has 104 valence electrons. The number of hydrogen-bond acceptors (Lipinski definition) is 4. The van der Waals surface area contributed by atoms with Gasteiger partial charge in [-0.15, -0.1) is 11.3 Å². The number of nitrogens with one attached hydrogen (secondary N) is 1. The second-order valence-electron chi connectivity index (χ2n) is 4.12. The summed E-state index contributed by atoms with van der Waals surface area (Å²) >= 11 is 1.31. The zero-order chi connectivity index (χ0) is 14.5. The highest BCUT2D eigenvalue weighted by Gasteiger charge is 2.14. The predicted octanol–water partition coefficient (Wildman–Crippen LogP) is 2.93. The number of thiophene rings is 1. The van der Waals surface area contributed by atoms with E-state index < -0.39 is 5.97 Å². The molecule has 0 aliphatic rings. The Morgan fingerprint density at radius 3 is 2.95 bits per heavy atom. The lowest BCUT2D eigenvalue weighted by Gasteiger charge is -2.10. The van der Waals surface area contributed by atoms with Crippen LogP contribution in [0, 0.1) is 0 Å². The Labute approximate surface area is 119 Å². The van der Waals surface area contributed by atoms with Gasteiger partial charge in [0.2, 0.25) is 0 Å². The molecule has 1 unspecified atom stereocenters. The molecule has 0 fully saturated rings. The van der Waals surface area contributed by atoms with E-state index in [1.807, 2.05) is 6.92 Å². The molecular weight excluding hydrogens is 278 g/mol. The van der Waals surface area contributed by atoms with Crippen molar-refractivity contribution in [2.75, 3.05) is 0 Å². The second kappa shape index (κ2) is 6.21. The lowest BCUT2D eigenvalue weighted by atomic mass is 10.2. The van der Waals surface area contributed by atoms with Crippen LogP contribution in [0.25, 0.3) is 6.08 Å². The summed E-state index contributed by atoms with van der Waals surface area (Å²) < 4.78 is 5.21. The van der Waals surface area contributed by atoms with Gasteiger partial charge in [-0.25, -0.2) is 4.79 Å². The van der Waals surface area contributed by atoms with Crippen LogP contribution in [0.3, 0.4) is 0 Å². The molecule has 6 heteroatoms. The van der Waals surface area contributed by atoms with Gasteiger partial charge in [-0.1, -0.05) is 0 Å². The van der Waals surface area contributed by atoms with Crippen LogP contribution in [-0.4, -0.2) is 17.0 Å². The van der Waals surface area contributed by atoms with Crippen molar-refractivity contribution in [3.05, 3.63) is 52.1 Å². The van der Waals surface area contributed by atoms with Crippen molar-refractivity contribution in [1.29, 1.82) is 0 Å². The maximum absolute atomic E-state index is 12.0. The zero-order valence-corrected chi connectivity index (χ0v) is 11.5. The first-order chi connectivity index (χ1) is 9.56. The van der Waals surface area contributed by atoms with Gasteiger partial charge in [0.05, 0.1) is 17.9 Å². The van der Waals surface area contributed by atoms with Crippen molar-refractivity contribution in [3.63, 3.8) is 0 Å². The summed E-state index contributed by atoms with van der Waals surface area (Å²) in [5.41, 5.74) is 0.499. The highest BCUT2D eigenvalue weighted by Crippen LogP contribution is 2.18. The van der Waals surface area contributed by atoms with Crippen LogP contribution >= 0.6 is 11.3 Å². The number of carbonyl (C=O) groups excluding carboxylic acids is 1. The van der Waals surface area contributed by atoms with Crippen molar-refractivity contribution >= 4 is 29.3 Å². The molecule has 0 aromatic carbocycles. The molecule has 5 nitrogen and oxygen atoms in total. The molecule has 0 saturated heterocycles. The summed E-state index contributed by atoms with van der Waals surface area (Å²) in [5.74, 6) is -0.560. The monoisotopic (exact) mass is 291 g/mol. The Morgan fingerprint density at radius 2 is 2.30 bits per heavy atom. The van der Waals surface area contributed by atoms with Gasteiger partial charge in [0.15, 0.2) is 0 Å². The number of rotatable bonds is 5. The van der Waals surface area contributed by atoms with Gasteiger partial charge in [-0.2, -0.15) is 0 Å². The maximum atomic E-state index is 12.0. The van der Waals surface area contributed by atoms with Crippen LogP contribution < -0.4 is 5.32 Å². The number of hydrogen-bond donors (Lipinski definition) is 2. The molecule has 0 radical (unpaired) electrons. The first-order valence-electron chi connectivity index (χ1n) is 5.90. The fourth-order valence-electron chi connectivity index (χ4n) is 1.60. The third-order valence-corrected chi connectivity index (χ3v) is 3.49. The van der Waals surface area contributed by atoms with E-state index in [0.717, 1.165) is 6.08 Å². The number of furan rings is 1. The third-order valence-electron chi connectivity index (χ3n) is 2.59. The van der Waals surface area contributed by atoms with Crippen LogP contribution in [-0.2, 0) is 4.79 Å². The number of carboxylic acids is 1. The molecule has 0 aliphatic heterocycles. The Hall–Kier alpha value is -2.34. The largest absolute Gasteiger partial charge is 0.478 e. The van der Waals surface area contributed by atoms with Crippen LogP contribution in [0.1, 0.15) is 34.0 Å². The Morgan fingerprint density at radius 1 is 1.50 bits per heavy atom. The van der Waals surface area contributed by atoms with Crippen molar-refractivity contribution in [1.82, 2.24) is 5.32 Å². The highest BCUT2D eigenvalue weighted by molar-refractivity contribution is 7.11. The zero-order valence-electron chi connectivity index (χ0n) is 10.7. The van der Waals surface area contributed by atoms with Gasteiger partial charge in [0, 0.05) is 16.3 Å². The molecule has 1 atom stereocenters. The lowest BCUT2D eigenvalue weighted by molar-refractivity contribution is -0.131. The predicted molar refractivity (Wildman–Crippen MR) is 75.6 cm³/mol. The first kappa shape index (κ1) is 14.1. The number of carboxylic acid groups (broad SMARTS) is 1. The second-order valence-corrected chi connectivity index (χ2v) is 5.06. The molecule has 2 aromatic heterocycles. The number of carbonyl (C=O) groups is 2. The summed E-state index contributed by atoms with van der Waals surface area (Å²) in [6, 6.07) is 4.97. The third kappa shape index (κ3) is 3.58. The lowest BCUT2D eigenvalue weighted by Crippen LogP contribution is -2.25. The summed E-state index contributed by atoms with van der Waals surface area (Å²) in [7, 11) is 0. The van der Waals surface area contributed by atoms with Gasteiger partial charge in [0.1, 0.15) is 5.76 Å². The summed E-state index contributed by atoms with van der Waals surface area (Å²) in [4.78, 5) is 23.1. The van der Waals surface area contributed by atoms with E-state index in [-0.39, 0.29) is 11.9 Å². The molecule has 0 bridgehead atoms. The minimum Gasteiger partial charge on any atom is -0.478 e. The minimum absolute atomic E-state index is 0.222. The fourth-order valence-corrected chi connectivity index (χ4v) is 2.38. The first-order valence-corrected chi connectivity index (χ1v) is 6.78. The average molecular weight is 291 g/mol. The SMILES string of the molecule is CC(NC(=O)c1csc(C=CC(=O)O)c1)c1ccco1. The van der Waals surface area contributed by atoms with Crippen LogP contribution in [0.4, 0.5) is 0 Å². The van der Waals surface area contributed by atoms with Crippen molar-refractivity contribution in [2.45, 2.75) is 13.0 Å². The Balaban J connectivity index is 2.01. The Bertz CT molecular complexity index is 627. The molecule has 2 heterocycles. The topological polar surface area (TPSA) is 79.5 Å². The van der Waals surface area contributed by atoms with Crippen LogP contribution in [0.2, 0.25) is 0 Å². The van der Waals surface area contributed by atoms with Crippen molar-refractivity contribution in [3.8, 4) is 0 Å². The van der Waals surface area contributed by atoms with E-state index in [1.165, 1.54) is 17.4 Å². The molecule has 20 heavy (non-hydrogen) atoms. The highest BCUT2D eigenvalue weighted by atomic mass is 32.1. The van der Waals surface area contributed by atoms with Crippen molar-refractivity contribution in [2.24, 2.45) is 0 Å². The average Bonchev–Trinajstić information content (AvgIpc) is 3.07. The summed E-state index contributed by atoms with van der Waals surface area (Å²) in [5, 5.41) is 13.0. The number of aliphatic carboxylic acids is 1. The van der Waals surface area contributed by atoms with Gasteiger partial charge >= 0.3 is 5.97 Å². The smallest absolute Gasteiger partial charge is 0.328 e. The summed E-state index contributed by atoms with van der Waals surface area (Å²) in [6.07, 6.45) is 4.05. The van der Waals surface area contributed by atoms with Crippen LogP contribution in [0.15, 0.2) is 40.3 Å². The molecule has 0 saturated carbocycles. The molecule has 0 spiro atoms. The van der Waals surface area contributed by atoms with Crippen molar-refractivity contribution < 1.29 is 19.1 Å². The Kier molecular flexibility index (Phi) is 4.37. The van der Waals surface area contributed by atoms with E-state index in [4.69, 9.17) is 9.52 Å². The van der Waals surface area contributed by atoms with Gasteiger partial charge in [-0.05, 0) is 31.2 Å². The molecule has 2 rings (SSSR count). The van der Waals surface area contributed by atoms with E-state index in [1.54, 1.807) is 29.8 Å². The normalized spacial score (nSPS) is 12.4. The van der Waals surface area contributed by atoms with Gasteiger partial charge < -0.3 is 14.8 Å². The quantitative estimate of drug-likeness (QED) is 0.830. The summed E-state index contributed by atoms with van der Waals surface area (Å²) in [6.45, 7) is 1.83. The molecule has 2 N–H and O–H groups in total. The van der Waals surface area contributed by atoms with E-state index in [0.29, 0.717) is 16.2 Å². The maximum Gasteiger partial charge on any atom is 0.328 e. The number of amides is 1. The van der Waals surface area contributed by atoms with Gasteiger partial charge in [-0.3, -0.25) is 4.79 Å². The van der Waals surface area contributed by atoms with E-state index >= 15 is 0 Å². The minimum atomic E-state index is -1.02. The molecule has 2 aromatic rings. The molecule has 0 aliphatic carbocycles. The molecule has 1 amide bonds. The molecular formula is C14H13NO4S.